The Kier molecular flexibility index (Phi) is 4.66. The minimum Gasteiger partial charge on any atom is -0.377 e. The maximum absolute atomic E-state index is 12.1. The van der Waals surface area contributed by atoms with E-state index in [1.54, 1.807) is 12.3 Å². The molecule has 2 N–H and O–H groups in total. The van der Waals surface area contributed by atoms with Gasteiger partial charge in [0.15, 0.2) is 0 Å². The van der Waals surface area contributed by atoms with Crippen molar-refractivity contribution in [2.45, 2.75) is 18.9 Å². The van der Waals surface area contributed by atoms with Crippen molar-refractivity contribution in [3.63, 3.8) is 0 Å². The van der Waals surface area contributed by atoms with Crippen LogP contribution >= 0.6 is 0 Å². The van der Waals surface area contributed by atoms with Crippen LogP contribution < -0.4 is 5.73 Å². The van der Waals surface area contributed by atoms with Gasteiger partial charge in [0.1, 0.15) is 5.69 Å². The largest absolute Gasteiger partial charge is 0.377 e. The van der Waals surface area contributed by atoms with Gasteiger partial charge in [-0.2, -0.15) is 0 Å². The molecular weight excluding hydrogens is 230 g/mol. The Balaban J connectivity index is 1.84. The third-order valence-corrected chi connectivity index (χ3v) is 3.08. The van der Waals surface area contributed by atoms with Gasteiger partial charge in [0.2, 0.25) is 0 Å². The van der Waals surface area contributed by atoms with Crippen molar-refractivity contribution in [1.82, 2.24) is 9.88 Å². The molecule has 1 saturated heterocycles. The molecule has 1 aliphatic heterocycles. The number of piperidine rings is 1. The molecule has 0 unspecified atom stereocenters. The van der Waals surface area contributed by atoms with E-state index in [2.05, 4.69) is 4.98 Å². The summed E-state index contributed by atoms with van der Waals surface area (Å²) in [4.78, 5) is 18.0. The van der Waals surface area contributed by atoms with Crippen molar-refractivity contribution >= 4 is 5.91 Å². The number of pyridine rings is 1. The molecular formula is C13H19N3O2. The molecule has 5 heteroatoms. The predicted octanol–water partition coefficient (Wildman–Crippen LogP) is 0.661. The van der Waals surface area contributed by atoms with Crippen molar-refractivity contribution in [1.29, 1.82) is 0 Å². The number of carbonyl (C=O) groups excluding carboxylic acids is 1. The fourth-order valence-electron chi connectivity index (χ4n) is 2.11. The molecule has 98 valence electrons. The summed E-state index contributed by atoms with van der Waals surface area (Å²) >= 11 is 0. The first-order chi connectivity index (χ1) is 8.81. The number of rotatable bonds is 4. The Morgan fingerprint density at radius 3 is 2.83 bits per heavy atom. The van der Waals surface area contributed by atoms with Gasteiger partial charge < -0.3 is 15.4 Å². The minimum absolute atomic E-state index is 0.00729. The summed E-state index contributed by atoms with van der Waals surface area (Å²) in [6.45, 7) is 2.60. The second-order valence-corrected chi connectivity index (χ2v) is 4.37. The van der Waals surface area contributed by atoms with E-state index in [-0.39, 0.29) is 12.0 Å². The van der Waals surface area contributed by atoms with Gasteiger partial charge in [-0.15, -0.1) is 0 Å². The van der Waals surface area contributed by atoms with Crippen LogP contribution in [0.5, 0.6) is 0 Å². The molecule has 0 bridgehead atoms. The lowest BCUT2D eigenvalue weighted by Gasteiger charge is -2.31. The van der Waals surface area contributed by atoms with Crippen LogP contribution in [-0.2, 0) is 4.74 Å². The lowest BCUT2D eigenvalue weighted by atomic mass is 10.1. The summed E-state index contributed by atoms with van der Waals surface area (Å²) in [7, 11) is 0. The molecule has 0 atom stereocenters. The van der Waals surface area contributed by atoms with Crippen LogP contribution in [0.4, 0.5) is 0 Å². The van der Waals surface area contributed by atoms with Crippen LogP contribution in [0.2, 0.25) is 0 Å². The van der Waals surface area contributed by atoms with Crippen LogP contribution in [0.15, 0.2) is 24.4 Å². The highest BCUT2D eigenvalue weighted by atomic mass is 16.5. The third kappa shape index (κ3) is 3.27. The molecule has 1 fully saturated rings. The molecule has 18 heavy (non-hydrogen) atoms. The first-order valence-electron chi connectivity index (χ1n) is 6.33. The Hall–Kier alpha value is -1.46. The summed E-state index contributed by atoms with van der Waals surface area (Å²) in [6.07, 6.45) is 3.63. The van der Waals surface area contributed by atoms with E-state index >= 15 is 0 Å². The van der Waals surface area contributed by atoms with Gasteiger partial charge in [0.05, 0.1) is 12.7 Å². The van der Waals surface area contributed by atoms with E-state index in [1.165, 1.54) is 0 Å². The van der Waals surface area contributed by atoms with E-state index in [0.717, 1.165) is 25.9 Å². The maximum Gasteiger partial charge on any atom is 0.272 e. The summed E-state index contributed by atoms with van der Waals surface area (Å²) in [5.74, 6) is 0.00729. The molecule has 0 radical (unpaired) electrons. The molecule has 5 nitrogen and oxygen atoms in total. The number of aromatic nitrogens is 1. The number of hydrogen-bond acceptors (Lipinski definition) is 4. The van der Waals surface area contributed by atoms with Crippen molar-refractivity contribution < 1.29 is 9.53 Å². The Morgan fingerprint density at radius 1 is 1.44 bits per heavy atom. The fraction of sp³-hybridized carbons (Fsp3) is 0.538. The fourth-order valence-corrected chi connectivity index (χ4v) is 2.11. The topological polar surface area (TPSA) is 68.5 Å². The van der Waals surface area contributed by atoms with Crippen LogP contribution in [-0.4, -0.2) is 48.1 Å². The minimum atomic E-state index is 0.00729. The predicted molar refractivity (Wildman–Crippen MR) is 68.2 cm³/mol. The first kappa shape index (κ1) is 13.0. The monoisotopic (exact) mass is 249 g/mol. The van der Waals surface area contributed by atoms with Gasteiger partial charge in [-0.25, -0.2) is 0 Å². The van der Waals surface area contributed by atoms with Crippen molar-refractivity contribution in [3.8, 4) is 0 Å². The van der Waals surface area contributed by atoms with E-state index < -0.39 is 0 Å². The Labute approximate surface area is 107 Å². The van der Waals surface area contributed by atoms with Crippen molar-refractivity contribution in [3.05, 3.63) is 30.1 Å². The van der Waals surface area contributed by atoms with Crippen LogP contribution in [0.25, 0.3) is 0 Å². The average Bonchev–Trinajstić information content (AvgIpc) is 2.46. The smallest absolute Gasteiger partial charge is 0.272 e. The number of amides is 1. The van der Waals surface area contributed by atoms with Crippen LogP contribution in [0.3, 0.4) is 0 Å². The number of nitrogens with zero attached hydrogens (tertiary/aromatic N) is 2. The SMILES string of the molecule is NCCOC1CCN(C(=O)c2ccccn2)CC1. The standard InChI is InChI=1S/C13H19N3O2/c14-6-10-18-11-4-8-16(9-5-11)13(17)12-3-1-2-7-15-12/h1-3,7,11H,4-6,8-10,14H2. The zero-order chi connectivity index (χ0) is 12.8. The molecule has 0 aromatic carbocycles. The van der Waals surface area contributed by atoms with E-state index in [0.29, 0.717) is 18.8 Å². The van der Waals surface area contributed by atoms with Crippen LogP contribution in [0, 0.1) is 0 Å². The number of nitrogens with two attached hydrogens (primary N) is 1. The highest BCUT2D eigenvalue weighted by molar-refractivity contribution is 5.92. The van der Waals surface area contributed by atoms with Gasteiger partial charge in [-0.1, -0.05) is 6.07 Å². The second kappa shape index (κ2) is 6.47. The number of ether oxygens (including phenoxy) is 1. The molecule has 0 saturated carbocycles. The van der Waals surface area contributed by atoms with Crippen LogP contribution in [0.1, 0.15) is 23.3 Å². The zero-order valence-corrected chi connectivity index (χ0v) is 10.4. The molecule has 1 amide bonds. The average molecular weight is 249 g/mol. The lowest BCUT2D eigenvalue weighted by molar-refractivity contribution is 0.0120. The summed E-state index contributed by atoms with van der Waals surface area (Å²) in [5.41, 5.74) is 5.91. The second-order valence-electron chi connectivity index (χ2n) is 4.37. The Morgan fingerprint density at radius 2 is 2.22 bits per heavy atom. The summed E-state index contributed by atoms with van der Waals surface area (Å²) in [5, 5.41) is 0. The molecule has 0 aliphatic carbocycles. The van der Waals surface area contributed by atoms with E-state index in [4.69, 9.17) is 10.5 Å². The normalized spacial score (nSPS) is 16.8. The molecule has 1 aromatic rings. The van der Waals surface area contributed by atoms with Crippen molar-refractivity contribution in [2.75, 3.05) is 26.2 Å². The highest BCUT2D eigenvalue weighted by Gasteiger charge is 2.24. The molecule has 0 spiro atoms. The van der Waals surface area contributed by atoms with E-state index in [1.807, 2.05) is 17.0 Å². The molecule has 2 rings (SSSR count). The quantitative estimate of drug-likeness (QED) is 0.851. The number of hydrogen-bond donors (Lipinski definition) is 1. The number of carbonyl (C=O) groups is 1. The number of likely N-dealkylation sites (tertiary alicyclic amines) is 1. The molecule has 1 aromatic heterocycles. The van der Waals surface area contributed by atoms with E-state index in [9.17, 15) is 4.79 Å². The third-order valence-electron chi connectivity index (χ3n) is 3.08. The van der Waals surface area contributed by atoms with Gasteiger partial charge in [-0.3, -0.25) is 9.78 Å². The summed E-state index contributed by atoms with van der Waals surface area (Å²) < 4.78 is 5.59. The first-order valence-corrected chi connectivity index (χ1v) is 6.33. The highest BCUT2D eigenvalue weighted by Crippen LogP contribution is 2.15. The van der Waals surface area contributed by atoms with Gasteiger partial charge in [-0.05, 0) is 25.0 Å². The van der Waals surface area contributed by atoms with Gasteiger partial charge in [0.25, 0.3) is 5.91 Å². The lowest BCUT2D eigenvalue weighted by Crippen LogP contribution is -2.41. The summed E-state index contributed by atoms with van der Waals surface area (Å²) in [6, 6.07) is 5.39. The zero-order valence-electron chi connectivity index (χ0n) is 10.4. The maximum atomic E-state index is 12.1. The van der Waals surface area contributed by atoms with Crippen molar-refractivity contribution in [2.24, 2.45) is 5.73 Å². The Bertz CT molecular complexity index is 375. The van der Waals surface area contributed by atoms with Gasteiger partial charge >= 0.3 is 0 Å². The van der Waals surface area contributed by atoms with Gasteiger partial charge in [0, 0.05) is 25.8 Å². The molecule has 2 heterocycles. The molecule has 1 aliphatic rings.